The van der Waals surface area contributed by atoms with E-state index < -0.39 is 0 Å². The van der Waals surface area contributed by atoms with Gasteiger partial charge in [0.15, 0.2) is 0 Å². The molecule has 0 saturated heterocycles. The second-order valence-corrected chi connectivity index (χ2v) is 4.18. The molecule has 0 heterocycles. The first-order valence-electron chi connectivity index (χ1n) is 4.72. The summed E-state index contributed by atoms with van der Waals surface area (Å²) in [5.41, 5.74) is 0.771. The zero-order valence-corrected chi connectivity index (χ0v) is 10.5. The van der Waals surface area contributed by atoms with Gasteiger partial charge in [-0.25, -0.2) is 0 Å². The average molecular weight is 275 g/mol. The van der Waals surface area contributed by atoms with Crippen LogP contribution in [0.1, 0.15) is 12.5 Å². The van der Waals surface area contributed by atoms with Crippen molar-refractivity contribution in [1.82, 2.24) is 0 Å². The maximum absolute atomic E-state index is 9.13. The predicted molar refractivity (Wildman–Crippen MR) is 62.0 cm³/mol. The fraction of sp³-hybridized carbons (Fsp3) is 0.455. The Kier molecular flexibility index (Phi) is 5.08. The van der Waals surface area contributed by atoms with Gasteiger partial charge in [0.1, 0.15) is 12.4 Å². The van der Waals surface area contributed by atoms with E-state index in [1.807, 2.05) is 25.1 Å². The number of aliphatic hydroxyl groups excluding tert-OH is 1. The summed E-state index contributed by atoms with van der Waals surface area (Å²) in [6.07, 6.45) is 0.0418. The average Bonchev–Trinajstić information content (AvgIpc) is 2.26. The molecule has 84 valence electrons. The standard InChI is InChI=1S/C11H15BrO3/c1-8(14-2)7-15-11-4-3-10(12)5-9(11)6-13/h3-5,8,13H,6-7H2,1-2H3. The number of benzene rings is 1. The van der Waals surface area contributed by atoms with E-state index in [0.29, 0.717) is 12.4 Å². The van der Waals surface area contributed by atoms with Crippen LogP contribution >= 0.6 is 15.9 Å². The molecule has 0 amide bonds. The first-order chi connectivity index (χ1) is 7.17. The normalized spacial score (nSPS) is 12.5. The van der Waals surface area contributed by atoms with E-state index in [1.165, 1.54) is 0 Å². The van der Waals surface area contributed by atoms with E-state index in [-0.39, 0.29) is 12.7 Å². The monoisotopic (exact) mass is 274 g/mol. The summed E-state index contributed by atoms with van der Waals surface area (Å²) in [5.74, 6) is 0.699. The summed E-state index contributed by atoms with van der Waals surface area (Å²) < 4.78 is 11.5. The van der Waals surface area contributed by atoms with Gasteiger partial charge in [-0.15, -0.1) is 0 Å². The van der Waals surface area contributed by atoms with Gasteiger partial charge in [-0.2, -0.15) is 0 Å². The van der Waals surface area contributed by atoms with Crippen molar-refractivity contribution in [1.29, 1.82) is 0 Å². The third kappa shape index (κ3) is 3.81. The van der Waals surface area contributed by atoms with E-state index in [2.05, 4.69) is 15.9 Å². The lowest BCUT2D eigenvalue weighted by Gasteiger charge is -2.13. The molecule has 0 bridgehead atoms. The maximum atomic E-state index is 9.13. The van der Waals surface area contributed by atoms with Crippen LogP contribution in [0.25, 0.3) is 0 Å². The smallest absolute Gasteiger partial charge is 0.125 e. The number of aliphatic hydroxyl groups is 1. The lowest BCUT2D eigenvalue weighted by atomic mass is 10.2. The van der Waals surface area contributed by atoms with Gasteiger partial charge in [-0.3, -0.25) is 0 Å². The van der Waals surface area contributed by atoms with Crippen LogP contribution in [0.2, 0.25) is 0 Å². The van der Waals surface area contributed by atoms with Gasteiger partial charge in [-0.1, -0.05) is 15.9 Å². The molecule has 0 saturated carbocycles. The molecule has 0 aromatic heterocycles. The van der Waals surface area contributed by atoms with E-state index >= 15 is 0 Å². The Labute approximate surface area is 98.1 Å². The molecule has 3 nitrogen and oxygen atoms in total. The van der Waals surface area contributed by atoms with Crippen LogP contribution in [0.15, 0.2) is 22.7 Å². The van der Waals surface area contributed by atoms with Crippen molar-refractivity contribution >= 4 is 15.9 Å². The molecular weight excluding hydrogens is 260 g/mol. The van der Waals surface area contributed by atoms with Crippen molar-refractivity contribution in [3.63, 3.8) is 0 Å². The van der Waals surface area contributed by atoms with Crippen molar-refractivity contribution in [3.8, 4) is 5.75 Å². The quantitative estimate of drug-likeness (QED) is 0.896. The highest BCUT2D eigenvalue weighted by Crippen LogP contribution is 2.23. The SMILES string of the molecule is COC(C)COc1ccc(Br)cc1CO. The molecule has 1 rings (SSSR count). The van der Waals surface area contributed by atoms with Gasteiger partial charge in [0, 0.05) is 17.1 Å². The summed E-state index contributed by atoms with van der Waals surface area (Å²) in [4.78, 5) is 0. The Hall–Kier alpha value is -0.580. The highest BCUT2D eigenvalue weighted by Gasteiger charge is 2.06. The molecule has 15 heavy (non-hydrogen) atoms. The van der Waals surface area contributed by atoms with Crippen molar-refractivity contribution < 1.29 is 14.6 Å². The van der Waals surface area contributed by atoms with Crippen molar-refractivity contribution in [3.05, 3.63) is 28.2 Å². The first kappa shape index (κ1) is 12.5. The molecule has 0 aliphatic heterocycles. The van der Waals surface area contributed by atoms with E-state index in [0.717, 1.165) is 10.0 Å². The molecule has 0 fully saturated rings. The van der Waals surface area contributed by atoms with Crippen LogP contribution in [0.3, 0.4) is 0 Å². The van der Waals surface area contributed by atoms with Gasteiger partial charge < -0.3 is 14.6 Å². The van der Waals surface area contributed by atoms with Crippen LogP contribution in [0, 0.1) is 0 Å². The van der Waals surface area contributed by atoms with Crippen LogP contribution in [0.4, 0.5) is 0 Å². The van der Waals surface area contributed by atoms with E-state index in [4.69, 9.17) is 14.6 Å². The number of hydrogen-bond donors (Lipinski definition) is 1. The van der Waals surface area contributed by atoms with E-state index in [9.17, 15) is 0 Å². The lowest BCUT2D eigenvalue weighted by Crippen LogP contribution is -2.16. The van der Waals surface area contributed by atoms with E-state index in [1.54, 1.807) is 7.11 Å². The fourth-order valence-electron chi connectivity index (χ4n) is 1.09. The Balaban J connectivity index is 2.67. The van der Waals surface area contributed by atoms with Crippen molar-refractivity contribution in [2.24, 2.45) is 0 Å². The Morgan fingerprint density at radius 1 is 1.47 bits per heavy atom. The Bertz CT molecular complexity index is 315. The van der Waals surface area contributed by atoms with Crippen molar-refractivity contribution in [2.75, 3.05) is 13.7 Å². The summed E-state index contributed by atoms with van der Waals surface area (Å²) in [7, 11) is 1.64. The summed E-state index contributed by atoms with van der Waals surface area (Å²) in [5, 5.41) is 9.13. The first-order valence-corrected chi connectivity index (χ1v) is 5.51. The lowest BCUT2D eigenvalue weighted by molar-refractivity contribution is 0.0707. The van der Waals surface area contributed by atoms with Crippen LogP contribution in [-0.4, -0.2) is 24.9 Å². The highest BCUT2D eigenvalue weighted by atomic mass is 79.9. The molecule has 1 atom stereocenters. The van der Waals surface area contributed by atoms with Gasteiger partial charge in [0.05, 0.1) is 12.7 Å². The maximum Gasteiger partial charge on any atom is 0.125 e. The van der Waals surface area contributed by atoms with Gasteiger partial charge >= 0.3 is 0 Å². The number of methoxy groups -OCH3 is 1. The number of hydrogen-bond acceptors (Lipinski definition) is 3. The summed E-state index contributed by atoms with van der Waals surface area (Å²) in [6.45, 7) is 2.37. The fourth-order valence-corrected chi connectivity index (χ4v) is 1.50. The molecule has 1 aromatic carbocycles. The zero-order valence-electron chi connectivity index (χ0n) is 8.87. The topological polar surface area (TPSA) is 38.7 Å². The predicted octanol–water partition coefficient (Wildman–Crippen LogP) is 2.36. The second kappa shape index (κ2) is 6.10. The molecule has 1 unspecified atom stereocenters. The third-order valence-corrected chi connectivity index (χ3v) is 2.56. The molecule has 0 aliphatic carbocycles. The number of rotatable bonds is 5. The number of halogens is 1. The molecule has 1 aromatic rings. The largest absolute Gasteiger partial charge is 0.491 e. The van der Waals surface area contributed by atoms with Gasteiger partial charge in [0.2, 0.25) is 0 Å². The number of ether oxygens (including phenoxy) is 2. The summed E-state index contributed by atoms with van der Waals surface area (Å²) in [6, 6.07) is 5.55. The van der Waals surface area contributed by atoms with Crippen LogP contribution in [0.5, 0.6) is 5.75 Å². The summed E-state index contributed by atoms with van der Waals surface area (Å²) >= 11 is 3.34. The highest BCUT2D eigenvalue weighted by molar-refractivity contribution is 9.10. The zero-order chi connectivity index (χ0) is 11.3. The Morgan fingerprint density at radius 3 is 2.80 bits per heavy atom. The molecule has 0 aliphatic rings. The molecule has 0 radical (unpaired) electrons. The Morgan fingerprint density at radius 2 is 2.20 bits per heavy atom. The van der Waals surface area contributed by atoms with Crippen molar-refractivity contribution in [2.45, 2.75) is 19.6 Å². The van der Waals surface area contributed by atoms with Crippen LogP contribution in [-0.2, 0) is 11.3 Å². The van der Waals surface area contributed by atoms with Gasteiger partial charge in [0.25, 0.3) is 0 Å². The molecular formula is C11H15BrO3. The molecule has 4 heteroatoms. The third-order valence-electron chi connectivity index (χ3n) is 2.07. The van der Waals surface area contributed by atoms with Crippen LogP contribution < -0.4 is 4.74 Å². The second-order valence-electron chi connectivity index (χ2n) is 3.27. The minimum Gasteiger partial charge on any atom is -0.491 e. The minimum atomic E-state index is -0.0316. The minimum absolute atomic E-state index is 0.0316. The van der Waals surface area contributed by atoms with Gasteiger partial charge in [-0.05, 0) is 25.1 Å². The molecule has 0 spiro atoms. The molecule has 1 N–H and O–H groups in total.